The van der Waals surface area contributed by atoms with Gasteiger partial charge in [-0.3, -0.25) is 4.79 Å². The molecular weight excluding hydrogens is 372 g/mol. The van der Waals surface area contributed by atoms with Crippen LogP contribution in [0.2, 0.25) is 0 Å². The fourth-order valence-corrected chi connectivity index (χ4v) is 3.51. The van der Waals surface area contributed by atoms with Crippen molar-refractivity contribution in [3.8, 4) is 0 Å². The van der Waals surface area contributed by atoms with Gasteiger partial charge in [0.1, 0.15) is 0 Å². The Morgan fingerprint density at radius 1 is 0.964 bits per heavy atom. The third-order valence-corrected chi connectivity index (χ3v) is 5.20. The summed E-state index contributed by atoms with van der Waals surface area (Å²) in [4.78, 5) is 12.2. The van der Waals surface area contributed by atoms with Gasteiger partial charge in [-0.05, 0) is 55.0 Å². The predicted molar refractivity (Wildman–Crippen MR) is 115 cm³/mol. The summed E-state index contributed by atoms with van der Waals surface area (Å²) in [6.45, 7) is 3.88. The van der Waals surface area contributed by atoms with Crippen LogP contribution in [0.5, 0.6) is 0 Å². The SMILES string of the molecule is Cl.O=C(CCC1CCNCC1)NCc1ccccc1COCc1ccccc1. The average molecular weight is 403 g/mol. The highest BCUT2D eigenvalue weighted by Gasteiger charge is 2.14. The van der Waals surface area contributed by atoms with Crippen LogP contribution in [0.3, 0.4) is 0 Å². The summed E-state index contributed by atoms with van der Waals surface area (Å²) in [6, 6.07) is 18.3. The Labute approximate surface area is 174 Å². The highest BCUT2D eigenvalue weighted by atomic mass is 35.5. The zero-order valence-corrected chi connectivity index (χ0v) is 17.2. The lowest BCUT2D eigenvalue weighted by Crippen LogP contribution is -2.29. The number of hydrogen-bond donors (Lipinski definition) is 2. The summed E-state index contributed by atoms with van der Waals surface area (Å²) in [5, 5.41) is 6.45. The number of hydrogen-bond acceptors (Lipinski definition) is 3. The molecule has 4 nitrogen and oxygen atoms in total. The third kappa shape index (κ3) is 7.63. The Morgan fingerprint density at radius 3 is 2.39 bits per heavy atom. The fourth-order valence-electron chi connectivity index (χ4n) is 3.51. The van der Waals surface area contributed by atoms with Crippen LogP contribution in [0.4, 0.5) is 0 Å². The van der Waals surface area contributed by atoms with Gasteiger partial charge in [-0.25, -0.2) is 0 Å². The Bertz CT molecular complexity index is 703. The molecule has 0 bridgehead atoms. The highest BCUT2D eigenvalue weighted by Crippen LogP contribution is 2.17. The zero-order valence-electron chi connectivity index (χ0n) is 16.4. The summed E-state index contributed by atoms with van der Waals surface area (Å²) in [6.07, 6.45) is 4.00. The molecule has 3 rings (SSSR count). The van der Waals surface area contributed by atoms with Crippen LogP contribution in [0, 0.1) is 5.92 Å². The van der Waals surface area contributed by atoms with E-state index in [2.05, 4.69) is 34.9 Å². The zero-order chi connectivity index (χ0) is 18.7. The maximum Gasteiger partial charge on any atom is 0.220 e. The van der Waals surface area contributed by atoms with Crippen molar-refractivity contribution >= 4 is 18.3 Å². The first-order valence-corrected chi connectivity index (χ1v) is 9.97. The maximum atomic E-state index is 12.2. The van der Waals surface area contributed by atoms with Gasteiger partial charge in [0.15, 0.2) is 0 Å². The molecule has 1 heterocycles. The van der Waals surface area contributed by atoms with Gasteiger partial charge >= 0.3 is 0 Å². The number of ether oxygens (including phenoxy) is 1. The van der Waals surface area contributed by atoms with Gasteiger partial charge in [0.2, 0.25) is 5.91 Å². The first-order valence-electron chi connectivity index (χ1n) is 9.97. The van der Waals surface area contributed by atoms with Crippen molar-refractivity contribution < 1.29 is 9.53 Å². The first-order chi connectivity index (χ1) is 13.3. The molecule has 0 atom stereocenters. The highest BCUT2D eigenvalue weighted by molar-refractivity contribution is 5.85. The van der Waals surface area contributed by atoms with Crippen LogP contribution in [-0.2, 0) is 29.3 Å². The largest absolute Gasteiger partial charge is 0.372 e. The van der Waals surface area contributed by atoms with E-state index in [4.69, 9.17) is 4.74 Å². The molecule has 2 aromatic rings. The normalized spacial score (nSPS) is 14.3. The number of amides is 1. The fraction of sp³-hybridized carbons (Fsp3) is 0.435. The number of benzene rings is 2. The lowest BCUT2D eigenvalue weighted by atomic mass is 9.93. The molecule has 0 spiro atoms. The Kier molecular flexibility index (Phi) is 10.0. The molecule has 28 heavy (non-hydrogen) atoms. The molecule has 1 saturated heterocycles. The second-order valence-electron chi connectivity index (χ2n) is 7.26. The molecule has 0 aromatic heterocycles. The van der Waals surface area contributed by atoms with Crippen molar-refractivity contribution in [3.05, 3.63) is 71.3 Å². The quantitative estimate of drug-likeness (QED) is 0.660. The number of carbonyl (C=O) groups excluding carboxylic acids is 1. The molecule has 0 saturated carbocycles. The van der Waals surface area contributed by atoms with E-state index >= 15 is 0 Å². The molecular formula is C23H31ClN2O2. The molecule has 0 unspecified atom stereocenters. The molecule has 2 aromatic carbocycles. The maximum absolute atomic E-state index is 12.2. The minimum absolute atomic E-state index is 0. The van der Waals surface area contributed by atoms with Gasteiger partial charge in [0, 0.05) is 13.0 Å². The molecule has 1 fully saturated rings. The molecule has 5 heteroatoms. The molecule has 1 amide bonds. The van der Waals surface area contributed by atoms with Crippen LogP contribution in [-0.4, -0.2) is 19.0 Å². The van der Waals surface area contributed by atoms with E-state index < -0.39 is 0 Å². The molecule has 0 aliphatic carbocycles. The van der Waals surface area contributed by atoms with Crippen molar-refractivity contribution in [1.29, 1.82) is 0 Å². The minimum Gasteiger partial charge on any atom is -0.372 e. The second kappa shape index (κ2) is 12.6. The number of halogens is 1. The summed E-state index contributed by atoms with van der Waals surface area (Å²) < 4.78 is 5.86. The Hall–Kier alpha value is -1.88. The lowest BCUT2D eigenvalue weighted by Gasteiger charge is -2.22. The average Bonchev–Trinajstić information content (AvgIpc) is 2.73. The van der Waals surface area contributed by atoms with E-state index in [1.807, 2.05) is 30.3 Å². The molecule has 1 aliphatic heterocycles. The van der Waals surface area contributed by atoms with E-state index in [9.17, 15) is 4.79 Å². The van der Waals surface area contributed by atoms with E-state index in [0.29, 0.717) is 32.1 Å². The minimum atomic E-state index is 0. The van der Waals surface area contributed by atoms with Crippen LogP contribution < -0.4 is 10.6 Å². The second-order valence-corrected chi connectivity index (χ2v) is 7.26. The summed E-state index contributed by atoms with van der Waals surface area (Å²) >= 11 is 0. The van der Waals surface area contributed by atoms with Crippen LogP contribution in [0.1, 0.15) is 42.4 Å². The van der Waals surface area contributed by atoms with Crippen LogP contribution >= 0.6 is 12.4 Å². The van der Waals surface area contributed by atoms with Gasteiger partial charge in [-0.2, -0.15) is 0 Å². The molecule has 2 N–H and O–H groups in total. The summed E-state index contributed by atoms with van der Waals surface area (Å²) in [5.74, 6) is 0.837. The predicted octanol–water partition coefficient (Wildman–Crippen LogP) is 4.22. The summed E-state index contributed by atoms with van der Waals surface area (Å²) in [7, 11) is 0. The standard InChI is InChI=1S/C23H30N2O2.ClH/c26-23(11-10-19-12-14-24-15-13-19)25-16-21-8-4-5-9-22(21)18-27-17-20-6-2-1-3-7-20;/h1-9,19,24H,10-18H2,(H,25,26);1H. The number of piperidine rings is 1. The van der Waals surface area contributed by atoms with Crippen LogP contribution in [0.25, 0.3) is 0 Å². The van der Waals surface area contributed by atoms with Crippen molar-refractivity contribution in [3.63, 3.8) is 0 Å². The van der Waals surface area contributed by atoms with Gasteiger partial charge in [-0.15, -0.1) is 12.4 Å². The van der Waals surface area contributed by atoms with E-state index in [-0.39, 0.29) is 18.3 Å². The number of rotatable bonds is 9. The van der Waals surface area contributed by atoms with Gasteiger partial charge in [0.05, 0.1) is 13.2 Å². The Morgan fingerprint density at radius 2 is 1.64 bits per heavy atom. The number of nitrogens with one attached hydrogen (secondary N) is 2. The number of carbonyl (C=O) groups is 1. The molecule has 1 aliphatic rings. The van der Waals surface area contributed by atoms with Gasteiger partial charge in [-0.1, -0.05) is 54.6 Å². The van der Waals surface area contributed by atoms with Crippen molar-refractivity contribution in [2.45, 2.75) is 45.4 Å². The Balaban J connectivity index is 0.00000280. The van der Waals surface area contributed by atoms with Gasteiger partial charge in [0.25, 0.3) is 0 Å². The van der Waals surface area contributed by atoms with Crippen molar-refractivity contribution in [2.24, 2.45) is 5.92 Å². The van der Waals surface area contributed by atoms with Crippen molar-refractivity contribution in [2.75, 3.05) is 13.1 Å². The van der Waals surface area contributed by atoms with E-state index in [0.717, 1.165) is 30.6 Å². The van der Waals surface area contributed by atoms with Gasteiger partial charge < -0.3 is 15.4 Å². The van der Waals surface area contributed by atoms with Crippen LogP contribution in [0.15, 0.2) is 54.6 Å². The molecule has 0 radical (unpaired) electrons. The lowest BCUT2D eigenvalue weighted by molar-refractivity contribution is -0.121. The van der Waals surface area contributed by atoms with Crippen molar-refractivity contribution in [1.82, 2.24) is 10.6 Å². The summed E-state index contributed by atoms with van der Waals surface area (Å²) in [5.41, 5.74) is 3.43. The van der Waals surface area contributed by atoms with E-state index in [1.165, 1.54) is 18.4 Å². The van der Waals surface area contributed by atoms with E-state index in [1.54, 1.807) is 0 Å². The smallest absolute Gasteiger partial charge is 0.220 e. The first kappa shape index (κ1) is 22.4. The third-order valence-electron chi connectivity index (χ3n) is 5.20. The monoisotopic (exact) mass is 402 g/mol. The topological polar surface area (TPSA) is 50.4 Å². The molecule has 152 valence electrons.